The molecule has 1 aromatic carbocycles. The Kier molecular flexibility index (Phi) is 3.52. The first-order valence-corrected chi connectivity index (χ1v) is 7.76. The smallest absolute Gasteiger partial charge is 0.296 e. The molecule has 2 aromatic rings. The summed E-state index contributed by atoms with van der Waals surface area (Å²) in [5.41, 5.74) is 2.45. The number of carbonyl (C=O) groups is 1. The molecule has 3 rings (SSSR count). The minimum atomic E-state index is -0.190. The Labute approximate surface area is 135 Å². The van der Waals surface area contributed by atoms with Crippen molar-refractivity contribution in [1.29, 1.82) is 0 Å². The summed E-state index contributed by atoms with van der Waals surface area (Å²) in [7, 11) is 0. The molecule has 0 saturated heterocycles. The lowest BCUT2D eigenvalue weighted by molar-refractivity contribution is 0.0950. The van der Waals surface area contributed by atoms with Gasteiger partial charge in [0, 0.05) is 34.3 Å². The van der Waals surface area contributed by atoms with Gasteiger partial charge in [-0.2, -0.15) is 0 Å². The highest BCUT2D eigenvalue weighted by Crippen LogP contribution is 2.44. The Bertz CT molecular complexity index is 734. The number of amides is 1. The van der Waals surface area contributed by atoms with E-state index in [0.717, 1.165) is 16.9 Å². The molecule has 1 aromatic heterocycles. The maximum atomic E-state index is 12.8. The van der Waals surface area contributed by atoms with Crippen LogP contribution in [0.15, 0.2) is 28.8 Å². The molecule has 4 nitrogen and oxygen atoms in total. The van der Waals surface area contributed by atoms with Crippen LogP contribution in [-0.2, 0) is 5.41 Å². The van der Waals surface area contributed by atoms with E-state index in [2.05, 4.69) is 19.0 Å². The summed E-state index contributed by atoms with van der Waals surface area (Å²) in [4.78, 5) is 14.5. The molecular formula is C17H19ClN2O2. The molecule has 0 unspecified atom stereocenters. The Hall–Kier alpha value is -1.81. The number of rotatable bonds is 2. The van der Waals surface area contributed by atoms with Gasteiger partial charge in [-0.15, -0.1) is 0 Å². The van der Waals surface area contributed by atoms with Crippen LogP contribution in [0.4, 0.5) is 5.69 Å². The number of nitrogens with zero attached hydrogens (tertiary/aromatic N) is 2. The summed E-state index contributed by atoms with van der Waals surface area (Å²) in [5.74, 6) is 0.322. The molecule has 0 aliphatic carbocycles. The summed E-state index contributed by atoms with van der Waals surface area (Å²) in [6.07, 6.45) is 0. The SMILES string of the molecule is CC(C)c1cc(C(=O)N2CC(C)(C)c3c(Cl)cccc32)on1. The quantitative estimate of drug-likeness (QED) is 0.825. The van der Waals surface area contributed by atoms with Gasteiger partial charge in [-0.3, -0.25) is 4.79 Å². The van der Waals surface area contributed by atoms with Gasteiger partial charge < -0.3 is 9.42 Å². The molecule has 0 bridgehead atoms. The maximum absolute atomic E-state index is 12.8. The molecule has 0 saturated carbocycles. The van der Waals surface area contributed by atoms with E-state index < -0.39 is 0 Å². The third-order valence-electron chi connectivity index (χ3n) is 4.09. The van der Waals surface area contributed by atoms with E-state index >= 15 is 0 Å². The van der Waals surface area contributed by atoms with Crippen LogP contribution in [0, 0.1) is 0 Å². The standard InChI is InChI=1S/C17H19ClN2O2/c1-10(2)12-8-14(22-19-12)16(21)20-9-17(3,4)15-11(18)6-5-7-13(15)20/h5-8,10H,9H2,1-4H3. The van der Waals surface area contributed by atoms with Crippen LogP contribution in [0.1, 0.15) is 55.4 Å². The molecule has 0 radical (unpaired) electrons. The van der Waals surface area contributed by atoms with Crippen LogP contribution < -0.4 is 4.90 Å². The Morgan fingerprint density at radius 1 is 1.41 bits per heavy atom. The van der Waals surface area contributed by atoms with E-state index in [-0.39, 0.29) is 23.0 Å². The topological polar surface area (TPSA) is 46.3 Å². The molecule has 0 N–H and O–H groups in total. The second kappa shape index (κ2) is 5.13. The molecule has 0 atom stereocenters. The molecule has 1 aliphatic rings. The van der Waals surface area contributed by atoms with Crippen molar-refractivity contribution in [2.75, 3.05) is 11.4 Å². The van der Waals surface area contributed by atoms with Gasteiger partial charge in [-0.05, 0) is 18.1 Å². The second-order valence-electron chi connectivity index (χ2n) is 6.68. The van der Waals surface area contributed by atoms with Crippen molar-refractivity contribution in [1.82, 2.24) is 5.16 Å². The molecule has 1 aliphatic heterocycles. The van der Waals surface area contributed by atoms with E-state index in [4.69, 9.17) is 16.1 Å². The van der Waals surface area contributed by atoms with Gasteiger partial charge in [0.15, 0.2) is 0 Å². The molecule has 2 heterocycles. The van der Waals surface area contributed by atoms with Crippen LogP contribution in [0.2, 0.25) is 5.02 Å². The molecule has 0 fully saturated rings. The molecule has 22 heavy (non-hydrogen) atoms. The van der Waals surface area contributed by atoms with Crippen molar-refractivity contribution in [2.45, 2.75) is 39.0 Å². The van der Waals surface area contributed by atoms with Gasteiger partial charge in [-0.25, -0.2) is 0 Å². The largest absolute Gasteiger partial charge is 0.351 e. The number of fused-ring (bicyclic) bond motifs is 1. The number of carbonyl (C=O) groups excluding carboxylic acids is 1. The highest BCUT2D eigenvalue weighted by atomic mass is 35.5. The lowest BCUT2D eigenvalue weighted by Crippen LogP contribution is -2.33. The lowest BCUT2D eigenvalue weighted by atomic mass is 9.87. The van der Waals surface area contributed by atoms with Gasteiger partial charge in [0.2, 0.25) is 5.76 Å². The number of benzene rings is 1. The van der Waals surface area contributed by atoms with E-state index in [1.54, 1.807) is 11.0 Å². The Morgan fingerprint density at radius 3 is 2.77 bits per heavy atom. The van der Waals surface area contributed by atoms with Crippen LogP contribution in [-0.4, -0.2) is 17.6 Å². The molecule has 116 valence electrons. The van der Waals surface area contributed by atoms with E-state index in [1.807, 2.05) is 32.0 Å². The van der Waals surface area contributed by atoms with Gasteiger partial charge in [0.1, 0.15) is 0 Å². The van der Waals surface area contributed by atoms with E-state index in [9.17, 15) is 4.79 Å². The zero-order valence-electron chi connectivity index (χ0n) is 13.2. The molecule has 5 heteroatoms. The number of aromatic nitrogens is 1. The number of halogens is 1. The van der Waals surface area contributed by atoms with Crippen LogP contribution in [0.5, 0.6) is 0 Å². The third-order valence-corrected chi connectivity index (χ3v) is 4.40. The first kappa shape index (κ1) is 15.1. The van der Waals surface area contributed by atoms with Gasteiger partial charge >= 0.3 is 0 Å². The average Bonchev–Trinajstić information content (AvgIpc) is 3.02. The van der Waals surface area contributed by atoms with Crippen molar-refractivity contribution in [3.8, 4) is 0 Å². The third kappa shape index (κ3) is 2.31. The van der Waals surface area contributed by atoms with E-state index in [0.29, 0.717) is 11.6 Å². The average molecular weight is 319 g/mol. The second-order valence-corrected chi connectivity index (χ2v) is 7.09. The minimum absolute atomic E-state index is 0.173. The zero-order chi connectivity index (χ0) is 16.1. The van der Waals surface area contributed by atoms with Gasteiger partial charge in [-0.1, -0.05) is 50.5 Å². The summed E-state index contributed by atoms with van der Waals surface area (Å²) >= 11 is 6.34. The number of hydrogen-bond acceptors (Lipinski definition) is 3. The van der Waals surface area contributed by atoms with E-state index in [1.165, 1.54) is 0 Å². The molecule has 0 spiro atoms. The predicted molar refractivity (Wildman–Crippen MR) is 86.7 cm³/mol. The van der Waals surface area contributed by atoms with Crippen LogP contribution in [0.3, 0.4) is 0 Å². The Balaban J connectivity index is 2.00. The number of hydrogen-bond donors (Lipinski definition) is 0. The monoisotopic (exact) mass is 318 g/mol. The van der Waals surface area contributed by atoms with Crippen LogP contribution in [0.25, 0.3) is 0 Å². The fraction of sp³-hybridized carbons (Fsp3) is 0.412. The summed E-state index contributed by atoms with van der Waals surface area (Å²) < 4.78 is 5.24. The summed E-state index contributed by atoms with van der Waals surface area (Å²) in [5, 5.41) is 4.66. The van der Waals surface area contributed by atoms with Crippen molar-refractivity contribution >= 4 is 23.2 Å². The summed E-state index contributed by atoms with van der Waals surface area (Å²) in [6.45, 7) is 8.78. The lowest BCUT2D eigenvalue weighted by Gasteiger charge is -2.20. The normalized spacial score (nSPS) is 16.2. The van der Waals surface area contributed by atoms with Crippen molar-refractivity contribution in [3.63, 3.8) is 0 Å². The first-order valence-electron chi connectivity index (χ1n) is 7.39. The Morgan fingerprint density at radius 2 is 2.14 bits per heavy atom. The fourth-order valence-electron chi connectivity index (χ4n) is 2.94. The van der Waals surface area contributed by atoms with Crippen molar-refractivity contribution in [3.05, 3.63) is 46.3 Å². The van der Waals surface area contributed by atoms with Gasteiger partial charge in [0.25, 0.3) is 5.91 Å². The highest BCUT2D eigenvalue weighted by molar-refractivity contribution is 6.32. The fourth-order valence-corrected chi connectivity index (χ4v) is 3.37. The minimum Gasteiger partial charge on any atom is -0.351 e. The number of anilines is 1. The highest BCUT2D eigenvalue weighted by Gasteiger charge is 2.40. The first-order chi connectivity index (χ1) is 10.3. The van der Waals surface area contributed by atoms with Crippen molar-refractivity contribution < 1.29 is 9.32 Å². The molecule has 1 amide bonds. The summed E-state index contributed by atoms with van der Waals surface area (Å²) in [6, 6.07) is 7.38. The predicted octanol–water partition coefficient (Wildman–Crippen LogP) is 4.39. The maximum Gasteiger partial charge on any atom is 0.296 e. The van der Waals surface area contributed by atoms with Gasteiger partial charge in [0.05, 0.1) is 5.69 Å². The van der Waals surface area contributed by atoms with Crippen molar-refractivity contribution in [2.24, 2.45) is 0 Å². The zero-order valence-corrected chi connectivity index (χ0v) is 13.9. The van der Waals surface area contributed by atoms with Crippen LogP contribution >= 0.6 is 11.6 Å². The molecular weight excluding hydrogens is 300 g/mol.